The Balaban J connectivity index is 2.14. The highest BCUT2D eigenvalue weighted by Crippen LogP contribution is 2.21. The Kier molecular flexibility index (Phi) is 4.07. The Bertz CT molecular complexity index is 410. The van der Waals surface area contributed by atoms with E-state index in [-0.39, 0.29) is 5.91 Å². The van der Waals surface area contributed by atoms with Gasteiger partial charge in [0.05, 0.1) is 0 Å². The highest BCUT2D eigenvalue weighted by molar-refractivity contribution is 9.10. The fraction of sp³-hybridized carbons (Fsp3) is 0.417. The first-order valence-corrected chi connectivity index (χ1v) is 6.67. The second-order valence-electron chi connectivity index (χ2n) is 4.25. The first kappa shape index (κ1) is 12.9. The van der Waals surface area contributed by atoms with Crippen LogP contribution in [0.1, 0.15) is 10.4 Å². The van der Waals surface area contributed by atoms with Gasteiger partial charge in [-0.05, 0) is 25.2 Å². The molecular formula is C12H14BrClN2O. The van der Waals surface area contributed by atoms with Gasteiger partial charge in [0.2, 0.25) is 0 Å². The monoisotopic (exact) mass is 316 g/mol. The normalized spacial score (nSPS) is 17.2. The molecule has 92 valence electrons. The van der Waals surface area contributed by atoms with Gasteiger partial charge in [-0.15, -0.1) is 0 Å². The van der Waals surface area contributed by atoms with Gasteiger partial charge < -0.3 is 9.80 Å². The van der Waals surface area contributed by atoms with E-state index < -0.39 is 0 Å². The lowest BCUT2D eigenvalue weighted by atomic mass is 10.2. The molecule has 1 fully saturated rings. The van der Waals surface area contributed by atoms with E-state index in [0.717, 1.165) is 30.7 Å². The maximum Gasteiger partial charge on any atom is 0.254 e. The summed E-state index contributed by atoms with van der Waals surface area (Å²) in [7, 11) is 2.07. The number of hydrogen-bond donors (Lipinski definition) is 0. The molecule has 1 saturated heterocycles. The Morgan fingerprint density at radius 3 is 2.47 bits per heavy atom. The summed E-state index contributed by atoms with van der Waals surface area (Å²) in [4.78, 5) is 16.3. The number of carbonyl (C=O) groups is 1. The van der Waals surface area contributed by atoms with Crippen LogP contribution < -0.4 is 0 Å². The topological polar surface area (TPSA) is 23.6 Å². The van der Waals surface area contributed by atoms with Gasteiger partial charge in [0.25, 0.3) is 5.91 Å². The first-order chi connectivity index (χ1) is 8.06. The Labute approximate surface area is 114 Å². The predicted molar refractivity (Wildman–Crippen MR) is 72.6 cm³/mol. The molecule has 0 N–H and O–H groups in total. The van der Waals surface area contributed by atoms with Gasteiger partial charge in [0, 0.05) is 41.2 Å². The number of rotatable bonds is 1. The number of amides is 1. The zero-order valence-electron chi connectivity index (χ0n) is 9.62. The van der Waals surface area contributed by atoms with Crippen molar-refractivity contribution >= 4 is 33.4 Å². The van der Waals surface area contributed by atoms with E-state index in [1.54, 1.807) is 12.1 Å². The second-order valence-corrected chi connectivity index (χ2v) is 5.61. The van der Waals surface area contributed by atoms with Crippen molar-refractivity contribution in [3.8, 4) is 0 Å². The van der Waals surface area contributed by atoms with Gasteiger partial charge in [-0.3, -0.25) is 4.79 Å². The van der Waals surface area contributed by atoms with E-state index in [1.807, 2.05) is 11.0 Å². The average Bonchev–Trinajstić information content (AvgIpc) is 2.28. The van der Waals surface area contributed by atoms with E-state index in [1.165, 1.54) is 0 Å². The van der Waals surface area contributed by atoms with Crippen LogP contribution in [0, 0.1) is 0 Å². The smallest absolute Gasteiger partial charge is 0.254 e. The number of likely N-dealkylation sites (N-methyl/N-ethyl adjacent to an activating group) is 1. The molecule has 0 spiro atoms. The van der Waals surface area contributed by atoms with E-state index in [4.69, 9.17) is 11.6 Å². The lowest BCUT2D eigenvalue weighted by Gasteiger charge is -2.32. The highest BCUT2D eigenvalue weighted by atomic mass is 79.9. The molecule has 0 aromatic heterocycles. The molecule has 2 rings (SSSR count). The average molecular weight is 318 g/mol. The molecule has 0 atom stereocenters. The molecular weight excluding hydrogens is 304 g/mol. The molecule has 0 aliphatic carbocycles. The maximum absolute atomic E-state index is 12.2. The fourth-order valence-corrected chi connectivity index (χ4v) is 2.73. The Morgan fingerprint density at radius 2 is 1.88 bits per heavy atom. The molecule has 0 bridgehead atoms. The van der Waals surface area contributed by atoms with Crippen molar-refractivity contribution in [2.24, 2.45) is 0 Å². The SMILES string of the molecule is CN1CCN(C(=O)c2cc(Cl)cc(Br)c2)CC1. The summed E-state index contributed by atoms with van der Waals surface area (Å²) in [5.41, 5.74) is 0.647. The summed E-state index contributed by atoms with van der Waals surface area (Å²) in [6.45, 7) is 3.40. The number of halogens is 2. The zero-order valence-corrected chi connectivity index (χ0v) is 12.0. The molecule has 1 aliphatic heterocycles. The molecule has 1 amide bonds. The van der Waals surface area contributed by atoms with Crippen molar-refractivity contribution in [1.82, 2.24) is 9.80 Å². The van der Waals surface area contributed by atoms with Crippen molar-refractivity contribution in [2.75, 3.05) is 33.2 Å². The summed E-state index contributed by atoms with van der Waals surface area (Å²) < 4.78 is 0.836. The van der Waals surface area contributed by atoms with Crippen LogP contribution in [-0.2, 0) is 0 Å². The number of piperazine rings is 1. The van der Waals surface area contributed by atoms with Crippen LogP contribution in [-0.4, -0.2) is 48.9 Å². The van der Waals surface area contributed by atoms with E-state index in [0.29, 0.717) is 10.6 Å². The third-order valence-electron chi connectivity index (χ3n) is 2.90. The van der Waals surface area contributed by atoms with Gasteiger partial charge >= 0.3 is 0 Å². The molecule has 0 unspecified atom stereocenters. The zero-order chi connectivity index (χ0) is 12.4. The standard InChI is InChI=1S/C12H14BrClN2O/c1-15-2-4-16(5-3-15)12(17)9-6-10(13)8-11(14)7-9/h6-8H,2-5H2,1H3. The van der Waals surface area contributed by atoms with Gasteiger partial charge in [-0.2, -0.15) is 0 Å². The minimum absolute atomic E-state index is 0.0568. The largest absolute Gasteiger partial charge is 0.336 e. The van der Waals surface area contributed by atoms with Crippen molar-refractivity contribution in [3.63, 3.8) is 0 Å². The first-order valence-electron chi connectivity index (χ1n) is 5.50. The van der Waals surface area contributed by atoms with E-state index in [9.17, 15) is 4.79 Å². The van der Waals surface area contributed by atoms with Gasteiger partial charge in [-0.1, -0.05) is 27.5 Å². The molecule has 1 aliphatic rings. The van der Waals surface area contributed by atoms with Crippen LogP contribution in [0.15, 0.2) is 22.7 Å². The summed E-state index contributed by atoms with van der Waals surface area (Å²) in [6.07, 6.45) is 0. The molecule has 1 heterocycles. The molecule has 17 heavy (non-hydrogen) atoms. The van der Waals surface area contributed by atoms with Crippen LogP contribution in [0.5, 0.6) is 0 Å². The Morgan fingerprint density at radius 1 is 1.24 bits per heavy atom. The molecule has 0 radical (unpaired) electrons. The molecule has 1 aromatic carbocycles. The van der Waals surface area contributed by atoms with Gasteiger partial charge in [-0.25, -0.2) is 0 Å². The van der Waals surface area contributed by atoms with Crippen molar-refractivity contribution < 1.29 is 4.79 Å². The van der Waals surface area contributed by atoms with E-state index in [2.05, 4.69) is 27.9 Å². The molecule has 0 saturated carbocycles. The lowest BCUT2D eigenvalue weighted by Crippen LogP contribution is -2.47. The van der Waals surface area contributed by atoms with Crippen LogP contribution in [0.25, 0.3) is 0 Å². The summed E-state index contributed by atoms with van der Waals surface area (Å²) in [5.74, 6) is 0.0568. The van der Waals surface area contributed by atoms with Gasteiger partial charge in [0.1, 0.15) is 0 Å². The minimum atomic E-state index is 0.0568. The quantitative estimate of drug-likeness (QED) is 0.794. The number of carbonyl (C=O) groups excluding carboxylic acids is 1. The number of hydrogen-bond acceptors (Lipinski definition) is 2. The molecule has 5 heteroatoms. The van der Waals surface area contributed by atoms with Crippen LogP contribution in [0.4, 0.5) is 0 Å². The molecule has 1 aromatic rings. The third kappa shape index (κ3) is 3.21. The summed E-state index contributed by atoms with van der Waals surface area (Å²) in [5, 5.41) is 0.580. The lowest BCUT2D eigenvalue weighted by molar-refractivity contribution is 0.0664. The van der Waals surface area contributed by atoms with E-state index >= 15 is 0 Å². The number of nitrogens with zero attached hydrogens (tertiary/aromatic N) is 2. The van der Waals surface area contributed by atoms with Crippen LogP contribution >= 0.6 is 27.5 Å². The maximum atomic E-state index is 12.2. The Hall–Kier alpha value is -0.580. The highest BCUT2D eigenvalue weighted by Gasteiger charge is 2.20. The van der Waals surface area contributed by atoms with Crippen molar-refractivity contribution in [1.29, 1.82) is 0 Å². The van der Waals surface area contributed by atoms with Crippen LogP contribution in [0.3, 0.4) is 0 Å². The third-order valence-corrected chi connectivity index (χ3v) is 3.58. The molecule has 3 nitrogen and oxygen atoms in total. The second kappa shape index (κ2) is 5.38. The predicted octanol–water partition coefficient (Wildman–Crippen LogP) is 2.49. The minimum Gasteiger partial charge on any atom is -0.336 e. The van der Waals surface area contributed by atoms with Gasteiger partial charge in [0.15, 0.2) is 0 Å². The van der Waals surface area contributed by atoms with Crippen molar-refractivity contribution in [3.05, 3.63) is 33.3 Å². The fourth-order valence-electron chi connectivity index (χ4n) is 1.87. The summed E-state index contributed by atoms with van der Waals surface area (Å²) >= 11 is 9.30. The summed E-state index contributed by atoms with van der Waals surface area (Å²) in [6, 6.07) is 5.31. The van der Waals surface area contributed by atoms with Crippen LogP contribution in [0.2, 0.25) is 5.02 Å². The van der Waals surface area contributed by atoms with Crippen molar-refractivity contribution in [2.45, 2.75) is 0 Å². The number of benzene rings is 1.